The third-order valence-electron chi connectivity index (χ3n) is 5.43. The average molecular weight is 296 g/mol. The van der Waals surface area contributed by atoms with Gasteiger partial charge in [0.25, 0.3) is 0 Å². The summed E-state index contributed by atoms with van der Waals surface area (Å²) < 4.78 is 0. The van der Waals surface area contributed by atoms with Crippen molar-refractivity contribution in [2.75, 3.05) is 0 Å². The fourth-order valence-corrected chi connectivity index (χ4v) is 6.26. The SMILES string of the molecule is C1CCCCCC(PC2CCCCCC2)CCCCC1. The minimum Gasteiger partial charge on any atom is -0.116 e. The van der Waals surface area contributed by atoms with Gasteiger partial charge in [-0.2, -0.15) is 0 Å². The summed E-state index contributed by atoms with van der Waals surface area (Å²) in [6, 6.07) is 0. The molecule has 0 N–H and O–H groups in total. The molecule has 1 heteroatoms. The van der Waals surface area contributed by atoms with Crippen molar-refractivity contribution in [2.24, 2.45) is 0 Å². The molecule has 2 rings (SSSR count). The highest BCUT2D eigenvalue weighted by Crippen LogP contribution is 2.39. The van der Waals surface area contributed by atoms with E-state index in [4.69, 9.17) is 0 Å². The first-order valence-corrected chi connectivity index (χ1v) is 10.9. The molecule has 0 amide bonds. The Balaban J connectivity index is 1.72. The molecule has 0 heterocycles. The average Bonchev–Trinajstić information content (AvgIpc) is 2.70. The van der Waals surface area contributed by atoms with E-state index in [1.54, 1.807) is 25.7 Å². The van der Waals surface area contributed by atoms with Gasteiger partial charge in [0.05, 0.1) is 0 Å². The second-order valence-electron chi connectivity index (χ2n) is 7.31. The van der Waals surface area contributed by atoms with Crippen LogP contribution in [0.25, 0.3) is 0 Å². The van der Waals surface area contributed by atoms with Gasteiger partial charge in [-0.3, -0.25) is 0 Å². The van der Waals surface area contributed by atoms with Gasteiger partial charge >= 0.3 is 0 Å². The van der Waals surface area contributed by atoms with Crippen LogP contribution < -0.4 is 0 Å². The molecule has 0 spiro atoms. The van der Waals surface area contributed by atoms with E-state index in [1.807, 2.05) is 0 Å². The normalized spacial score (nSPS) is 27.0. The molecule has 118 valence electrons. The monoisotopic (exact) mass is 296 g/mol. The Labute approximate surface area is 129 Å². The number of hydrogen-bond acceptors (Lipinski definition) is 0. The van der Waals surface area contributed by atoms with Crippen LogP contribution in [-0.2, 0) is 0 Å². The summed E-state index contributed by atoms with van der Waals surface area (Å²) >= 11 is 0. The summed E-state index contributed by atoms with van der Waals surface area (Å²) in [5.74, 6) is 0. The fourth-order valence-electron chi connectivity index (χ4n) is 4.11. The van der Waals surface area contributed by atoms with Crippen LogP contribution >= 0.6 is 8.58 Å². The van der Waals surface area contributed by atoms with Gasteiger partial charge in [0.15, 0.2) is 0 Å². The summed E-state index contributed by atoms with van der Waals surface area (Å²) in [6.45, 7) is 0. The lowest BCUT2D eigenvalue weighted by Crippen LogP contribution is -2.09. The molecule has 0 aromatic carbocycles. The first kappa shape index (κ1) is 16.8. The molecule has 0 aliphatic heterocycles. The minimum atomic E-state index is 1.11. The van der Waals surface area contributed by atoms with Crippen molar-refractivity contribution in [1.29, 1.82) is 0 Å². The summed E-state index contributed by atoms with van der Waals surface area (Å²) in [6.07, 6.45) is 26.0. The molecule has 2 aliphatic rings. The molecule has 1 atom stereocenters. The molecule has 20 heavy (non-hydrogen) atoms. The molecule has 0 aromatic heterocycles. The van der Waals surface area contributed by atoms with Crippen molar-refractivity contribution >= 4 is 8.58 Å². The Hall–Kier alpha value is 0.430. The van der Waals surface area contributed by atoms with Crippen molar-refractivity contribution in [1.82, 2.24) is 0 Å². The maximum absolute atomic E-state index is 1.56. The van der Waals surface area contributed by atoms with Gasteiger partial charge in [-0.05, 0) is 37.0 Å². The first-order chi connectivity index (χ1) is 9.95. The largest absolute Gasteiger partial charge is 0.116 e. The van der Waals surface area contributed by atoms with Crippen molar-refractivity contribution in [3.05, 3.63) is 0 Å². The van der Waals surface area contributed by atoms with Gasteiger partial charge in [-0.15, -0.1) is 8.58 Å². The summed E-state index contributed by atoms with van der Waals surface area (Å²) in [5, 5.41) is 0. The van der Waals surface area contributed by atoms with Gasteiger partial charge in [0.1, 0.15) is 0 Å². The zero-order valence-electron chi connectivity index (χ0n) is 13.7. The van der Waals surface area contributed by atoms with Crippen LogP contribution in [0.4, 0.5) is 0 Å². The van der Waals surface area contributed by atoms with Crippen molar-refractivity contribution in [3.63, 3.8) is 0 Å². The highest BCUT2D eigenvalue weighted by molar-refractivity contribution is 7.39. The Morgan fingerprint density at radius 2 is 0.600 bits per heavy atom. The van der Waals surface area contributed by atoms with E-state index in [9.17, 15) is 0 Å². The molecular formula is C19H37P. The second kappa shape index (κ2) is 11.1. The second-order valence-corrected chi connectivity index (χ2v) is 9.28. The van der Waals surface area contributed by atoms with Crippen LogP contribution in [0.3, 0.4) is 0 Å². The van der Waals surface area contributed by atoms with Crippen LogP contribution in [0, 0.1) is 0 Å². The third kappa shape index (κ3) is 7.44. The maximum Gasteiger partial charge on any atom is -0.0234 e. The summed E-state index contributed by atoms with van der Waals surface area (Å²) in [7, 11) is 1.31. The Bertz CT molecular complexity index is 206. The lowest BCUT2D eigenvalue weighted by Gasteiger charge is -2.23. The van der Waals surface area contributed by atoms with Crippen LogP contribution in [-0.4, -0.2) is 11.3 Å². The van der Waals surface area contributed by atoms with Gasteiger partial charge < -0.3 is 0 Å². The maximum atomic E-state index is 1.56. The van der Waals surface area contributed by atoms with Crippen LogP contribution in [0.1, 0.15) is 109 Å². The van der Waals surface area contributed by atoms with Gasteiger partial charge in [0.2, 0.25) is 0 Å². The van der Waals surface area contributed by atoms with Gasteiger partial charge in [-0.1, -0.05) is 83.5 Å². The smallest absolute Gasteiger partial charge is 0.0234 e. The molecule has 2 aliphatic carbocycles. The van der Waals surface area contributed by atoms with E-state index in [0.29, 0.717) is 0 Å². The molecule has 0 radical (unpaired) electrons. The molecule has 0 bridgehead atoms. The summed E-state index contributed by atoms with van der Waals surface area (Å²) in [4.78, 5) is 0. The lowest BCUT2D eigenvalue weighted by atomic mass is 10.0. The fraction of sp³-hybridized carbons (Fsp3) is 1.00. The Kier molecular flexibility index (Phi) is 9.29. The van der Waals surface area contributed by atoms with Crippen molar-refractivity contribution < 1.29 is 0 Å². The predicted molar refractivity (Wildman–Crippen MR) is 94.4 cm³/mol. The minimum absolute atomic E-state index is 1.11. The van der Waals surface area contributed by atoms with Gasteiger partial charge in [-0.25, -0.2) is 0 Å². The lowest BCUT2D eigenvalue weighted by molar-refractivity contribution is 0.507. The first-order valence-electron chi connectivity index (χ1n) is 9.71. The van der Waals surface area contributed by atoms with E-state index in [0.717, 1.165) is 11.3 Å². The van der Waals surface area contributed by atoms with E-state index < -0.39 is 0 Å². The van der Waals surface area contributed by atoms with E-state index in [1.165, 1.54) is 92.1 Å². The highest BCUT2D eigenvalue weighted by Gasteiger charge is 2.17. The van der Waals surface area contributed by atoms with E-state index in [-0.39, 0.29) is 0 Å². The van der Waals surface area contributed by atoms with E-state index >= 15 is 0 Å². The topological polar surface area (TPSA) is 0 Å². The van der Waals surface area contributed by atoms with Crippen LogP contribution in [0.2, 0.25) is 0 Å². The van der Waals surface area contributed by atoms with Crippen molar-refractivity contribution in [3.8, 4) is 0 Å². The Morgan fingerprint density at radius 3 is 0.900 bits per heavy atom. The molecule has 2 saturated carbocycles. The molecular weight excluding hydrogens is 259 g/mol. The molecule has 2 fully saturated rings. The van der Waals surface area contributed by atoms with Gasteiger partial charge in [0, 0.05) is 0 Å². The molecule has 0 aromatic rings. The summed E-state index contributed by atoms with van der Waals surface area (Å²) in [5.41, 5.74) is 2.23. The third-order valence-corrected chi connectivity index (χ3v) is 7.53. The van der Waals surface area contributed by atoms with E-state index in [2.05, 4.69) is 0 Å². The number of rotatable bonds is 2. The molecule has 0 saturated heterocycles. The van der Waals surface area contributed by atoms with Crippen LogP contribution in [0.5, 0.6) is 0 Å². The Morgan fingerprint density at radius 1 is 0.350 bits per heavy atom. The number of hydrogen-bond donors (Lipinski definition) is 0. The molecule has 0 nitrogen and oxygen atoms in total. The highest BCUT2D eigenvalue weighted by atomic mass is 31.1. The quantitative estimate of drug-likeness (QED) is 0.378. The van der Waals surface area contributed by atoms with Crippen LogP contribution in [0.15, 0.2) is 0 Å². The van der Waals surface area contributed by atoms with Crippen molar-refractivity contribution in [2.45, 2.75) is 120 Å². The zero-order valence-corrected chi connectivity index (χ0v) is 14.7. The standard InChI is InChI=1S/C19H37P/c1-2-4-6-10-14-18(15-11-7-5-3-1)20-19-16-12-8-9-13-17-19/h18-20H,1-17H2. The molecule has 1 unspecified atom stereocenters. The predicted octanol–water partition coefficient (Wildman–Crippen LogP) is 7.06. The zero-order chi connectivity index (χ0) is 13.9.